The average Bonchev–Trinajstić information content (AvgIpc) is 3.89. The summed E-state index contributed by atoms with van der Waals surface area (Å²) in [7, 11) is 3.19. The molecule has 2 N–H and O–H groups in total. The third kappa shape index (κ3) is 8.36. The van der Waals surface area contributed by atoms with E-state index in [0.717, 1.165) is 29.7 Å². The van der Waals surface area contributed by atoms with Crippen LogP contribution in [-0.4, -0.2) is 101 Å². The first kappa shape index (κ1) is 42.5. The van der Waals surface area contributed by atoms with Crippen molar-refractivity contribution >= 4 is 34.7 Å². The summed E-state index contributed by atoms with van der Waals surface area (Å²) < 4.78 is 34.8. The van der Waals surface area contributed by atoms with Crippen LogP contribution in [0.2, 0.25) is 0 Å². The average molecular weight is 872 g/mol. The van der Waals surface area contributed by atoms with Crippen LogP contribution in [0.1, 0.15) is 69.9 Å². The van der Waals surface area contributed by atoms with Crippen LogP contribution in [0.4, 0.5) is 4.79 Å². The highest BCUT2D eigenvalue weighted by Crippen LogP contribution is 2.49. The van der Waals surface area contributed by atoms with Gasteiger partial charge in [0.25, 0.3) is 0 Å². The lowest BCUT2D eigenvalue weighted by Crippen LogP contribution is -2.56. The van der Waals surface area contributed by atoms with Gasteiger partial charge in [-0.25, -0.2) is 19.8 Å². The summed E-state index contributed by atoms with van der Waals surface area (Å²) in [4.78, 5) is 56.5. The molecule has 5 heterocycles. The minimum atomic E-state index is -0.948. The van der Waals surface area contributed by atoms with Gasteiger partial charge in [0.05, 0.1) is 49.1 Å². The monoisotopic (exact) mass is 871 g/mol. The standard InChI is InChI=1S/C48H53N7O9/c1-5-48(6-2)24-34(31-14-15-35(59-3)38(23-31)60-4)53-55(46(48)57)32-18-20-54(21-19-32)45(56)33(22-29-10-8-7-9-11-29)52-47(58)64-39-25-49-43-41(39)50-27-51-42(43)40-36(61-26-30-12-13-30)16-17-37-44(40)63-28-62-37/h7-11,14-17,23,25,27,30,32-33,49H,5-6,12-13,18-22,24,26,28H2,1-4H3,(H,52,58)/t33-/m1/s1. The second-order valence-corrected chi connectivity index (χ2v) is 16.8. The Morgan fingerprint density at radius 3 is 2.42 bits per heavy atom. The molecule has 0 spiro atoms. The van der Waals surface area contributed by atoms with Gasteiger partial charge >= 0.3 is 6.09 Å². The van der Waals surface area contributed by atoms with Crippen molar-refractivity contribution in [3.05, 3.63) is 84.3 Å². The number of nitrogens with one attached hydrogen (secondary N) is 2. The lowest BCUT2D eigenvalue weighted by molar-refractivity contribution is -0.148. The molecule has 5 aromatic rings. The molecule has 334 valence electrons. The number of fused-ring (bicyclic) bond motifs is 2. The number of carbonyl (C=O) groups is 3. The molecule has 3 aromatic carbocycles. The van der Waals surface area contributed by atoms with E-state index in [2.05, 4.69) is 34.1 Å². The molecule has 3 amide bonds. The van der Waals surface area contributed by atoms with Gasteiger partial charge in [-0.1, -0.05) is 44.2 Å². The van der Waals surface area contributed by atoms with Crippen molar-refractivity contribution in [2.24, 2.45) is 16.4 Å². The molecule has 1 saturated carbocycles. The summed E-state index contributed by atoms with van der Waals surface area (Å²) in [6.07, 6.45) is 7.47. The molecule has 1 atom stereocenters. The Hall–Kier alpha value is -6.84. The number of nitrogens with zero attached hydrogens (tertiary/aromatic N) is 5. The van der Waals surface area contributed by atoms with Gasteiger partial charge in [-0.3, -0.25) is 9.59 Å². The van der Waals surface area contributed by atoms with Gasteiger partial charge < -0.3 is 43.6 Å². The van der Waals surface area contributed by atoms with E-state index < -0.39 is 17.6 Å². The second kappa shape index (κ2) is 18.1. The third-order valence-corrected chi connectivity index (χ3v) is 13.0. The third-order valence-electron chi connectivity index (χ3n) is 13.0. The van der Waals surface area contributed by atoms with Gasteiger partial charge in [0.15, 0.2) is 28.7 Å². The van der Waals surface area contributed by atoms with Crippen molar-refractivity contribution in [2.45, 2.75) is 77.3 Å². The lowest BCUT2D eigenvalue weighted by atomic mass is 9.74. The molecule has 1 aliphatic carbocycles. The molecular formula is C48H53N7O9. The zero-order valence-corrected chi connectivity index (χ0v) is 36.6. The smallest absolute Gasteiger partial charge is 0.413 e. The number of piperidine rings is 1. The normalized spacial score (nSPS) is 17.5. The number of benzene rings is 3. The Morgan fingerprint density at radius 1 is 0.922 bits per heavy atom. The molecule has 2 aromatic heterocycles. The number of hydrazone groups is 1. The van der Waals surface area contributed by atoms with Gasteiger partial charge in [0.1, 0.15) is 29.3 Å². The van der Waals surface area contributed by atoms with E-state index in [0.29, 0.717) is 109 Å². The van der Waals surface area contributed by atoms with Crippen molar-refractivity contribution in [2.75, 3.05) is 40.7 Å². The topological polar surface area (TPSA) is 179 Å². The summed E-state index contributed by atoms with van der Waals surface area (Å²) in [5, 5.41) is 9.53. The molecule has 0 unspecified atom stereocenters. The van der Waals surface area contributed by atoms with Crippen LogP contribution in [0.15, 0.2) is 78.3 Å². The van der Waals surface area contributed by atoms with Gasteiger partial charge in [0, 0.05) is 37.7 Å². The summed E-state index contributed by atoms with van der Waals surface area (Å²) in [5.74, 6) is 3.31. The minimum Gasteiger partial charge on any atom is -0.493 e. The van der Waals surface area contributed by atoms with Crippen molar-refractivity contribution in [1.29, 1.82) is 0 Å². The van der Waals surface area contributed by atoms with E-state index in [1.54, 1.807) is 30.3 Å². The van der Waals surface area contributed by atoms with Crippen LogP contribution >= 0.6 is 0 Å². The number of H-pyrrole nitrogens is 1. The number of aromatic amines is 1. The first-order valence-corrected chi connectivity index (χ1v) is 22.0. The Labute approximate surface area is 371 Å². The molecule has 9 rings (SSSR count). The van der Waals surface area contributed by atoms with Crippen LogP contribution in [0.5, 0.6) is 34.5 Å². The number of amides is 3. The first-order chi connectivity index (χ1) is 31.2. The van der Waals surface area contributed by atoms with E-state index in [-0.39, 0.29) is 36.8 Å². The maximum absolute atomic E-state index is 14.4. The maximum atomic E-state index is 14.4. The zero-order chi connectivity index (χ0) is 44.4. The number of aromatic nitrogens is 3. The van der Waals surface area contributed by atoms with Gasteiger partial charge in [-0.15, -0.1) is 0 Å². The van der Waals surface area contributed by atoms with Crippen molar-refractivity contribution in [1.82, 2.24) is 30.2 Å². The molecular weight excluding hydrogens is 819 g/mol. The maximum Gasteiger partial charge on any atom is 0.413 e. The number of methoxy groups -OCH3 is 2. The summed E-state index contributed by atoms with van der Waals surface area (Å²) in [5.41, 5.74) is 3.90. The highest BCUT2D eigenvalue weighted by atomic mass is 16.7. The Bertz CT molecular complexity index is 2560. The fraction of sp³-hybridized carbons (Fsp3) is 0.417. The van der Waals surface area contributed by atoms with Crippen LogP contribution in [0.25, 0.3) is 22.3 Å². The van der Waals surface area contributed by atoms with E-state index >= 15 is 0 Å². The number of ether oxygens (including phenoxy) is 6. The van der Waals surface area contributed by atoms with Gasteiger partial charge in [-0.05, 0) is 80.3 Å². The van der Waals surface area contributed by atoms with E-state index in [1.807, 2.05) is 60.7 Å². The van der Waals surface area contributed by atoms with E-state index in [9.17, 15) is 14.4 Å². The highest BCUT2D eigenvalue weighted by molar-refractivity contribution is 6.06. The van der Waals surface area contributed by atoms with Crippen LogP contribution in [0.3, 0.4) is 0 Å². The number of carbonyl (C=O) groups excluding carboxylic acids is 3. The predicted octanol–water partition coefficient (Wildman–Crippen LogP) is 7.29. The van der Waals surface area contributed by atoms with Crippen LogP contribution < -0.4 is 33.7 Å². The molecule has 0 radical (unpaired) electrons. The summed E-state index contributed by atoms with van der Waals surface area (Å²) >= 11 is 0. The minimum absolute atomic E-state index is 0.00456. The number of hydrogen-bond acceptors (Lipinski definition) is 12. The predicted molar refractivity (Wildman–Crippen MR) is 237 cm³/mol. The zero-order valence-electron chi connectivity index (χ0n) is 36.6. The number of rotatable bonds is 15. The van der Waals surface area contributed by atoms with Crippen molar-refractivity contribution in [3.8, 4) is 45.8 Å². The van der Waals surface area contributed by atoms with Gasteiger partial charge in [0.2, 0.25) is 18.6 Å². The van der Waals surface area contributed by atoms with Crippen LogP contribution in [-0.2, 0) is 16.0 Å². The fourth-order valence-electron chi connectivity index (χ4n) is 8.92. The van der Waals surface area contributed by atoms with E-state index in [1.165, 1.54) is 6.33 Å². The quantitative estimate of drug-likeness (QED) is 0.108. The Morgan fingerprint density at radius 2 is 1.69 bits per heavy atom. The Kier molecular flexibility index (Phi) is 12.0. The number of likely N-dealkylation sites (tertiary alicyclic amines) is 1. The first-order valence-electron chi connectivity index (χ1n) is 22.0. The summed E-state index contributed by atoms with van der Waals surface area (Å²) in [6.45, 7) is 5.48. The molecule has 2 fully saturated rings. The number of hydrogen-bond donors (Lipinski definition) is 2. The lowest BCUT2D eigenvalue weighted by Gasteiger charge is -2.44. The molecule has 16 heteroatoms. The van der Waals surface area contributed by atoms with Crippen molar-refractivity contribution in [3.63, 3.8) is 0 Å². The van der Waals surface area contributed by atoms with E-state index in [4.69, 9.17) is 33.5 Å². The Balaban J connectivity index is 0.921. The molecule has 4 aliphatic rings. The molecule has 1 saturated heterocycles. The highest BCUT2D eigenvalue weighted by Gasteiger charge is 2.46. The largest absolute Gasteiger partial charge is 0.493 e. The molecule has 3 aliphatic heterocycles. The second-order valence-electron chi connectivity index (χ2n) is 16.8. The van der Waals surface area contributed by atoms with Gasteiger partial charge in [-0.2, -0.15) is 5.10 Å². The van der Waals surface area contributed by atoms with Crippen molar-refractivity contribution < 1.29 is 42.8 Å². The SMILES string of the molecule is CCC1(CC)CC(c2ccc(OC)c(OC)c2)=NN(C2CCN(C(=O)[C@@H](Cc3ccccc3)NC(=O)Oc3c[nH]c4c(-c5c(OCC6CC6)ccc6c5OCO6)ncnc34)CC2)C1=O. The fourth-order valence-corrected chi connectivity index (χ4v) is 8.92. The molecule has 0 bridgehead atoms. The molecule has 16 nitrogen and oxygen atoms in total. The molecule has 64 heavy (non-hydrogen) atoms. The van der Waals surface area contributed by atoms with Crippen LogP contribution in [0, 0.1) is 11.3 Å². The summed E-state index contributed by atoms with van der Waals surface area (Å²) in [6, 6.07) is 17.7.